The quantitative estimate of drug-likeness (QED) is 0.469. The molecule has 0 atom stereocenters. The fraction of sp³-hybridized carbons (Fsp3) is 0.800. The minimum Gasteiger partial charge on any atom is -0.365 e. The Labute approximate surface area is 193 Å². The summed E-state index contributed by atoms with van der Waals surface area (Å²) < 4.78 is 0. The fourth-order valence-electron chi connectivity index (χ4n) is 8.34. The van der Waals surface area contributed by atoms with Crippen molar-refractivity contribution in [2.24, 2.45) is 29.1 Å². The van der Waals surface area contributed by atoms with E-state index in [1.165, 1.54) is 19.4 Å². The Balaban J connectivity index is 0.000000730. The van der Waals surface area contributed by atoms with E-state index in [0.717, 1.165) is 23.7 Å². The Hall–Kier alpha value is -0.980. The molecule has 1 aliphatic heterocycles. The van der Waals surface area contributed by atoms with Crippen molar-refractivity contribution in [1.82, 2.24) is 0 Å². The molecule has 1 heterocycles. The van der Waals surface area contributed by atoms with Crippen molar-refractivity contribution in [3.63, 3.8) is 0 Å². The van der Waals surface area contributed by atoms with Crippen molar-refractivity contribution < 1.29 is 0 Å². The van der Waals surface area contributed by atoms with E-state index in [0.29, 0.717) is 17.3 Å². The zero-order chi connectivity index (χ0) is 22.6. The summed E-state index contributed by atoms with van der Waals surface area (Å²) in [6.45, 7) is 20.2. The number of nitrogens with zero attached hydrogens (tertiary/aromatic N) is 1. The van der Waals surface area contributed by atoms with Crippen molar-refractivity contribution >= 4 is 5.69 Å². The molecule has 1 spiro atoms. The van der Waals surface area contributed by atoms with Gasteiger partial charge in [0.15, 0.2) is 0 Å². The lowest BCUT2D eigenvalue weighted by Crippen LogP contribution is -2.54. The smallest absolute Gasteiger partial charge is 0.0441 e. The van der Waals surface area contributed by atoms with Crippen molar-refractivity contribution in [2.45, 2.75) is 118 Å². The van der Waals surface area contributed by atoms with Crippen LogP contribution >= 0.6 is 0 Å². The average Bonchev–Trinajstić information content (AvgIpc) is 2.97. The van der Waals surface area contributed by atoms with Crippen molar-refractivity contribution in [2.75, 3.05) is 11.4 Å². The maximum atomic E-state index is 2.90. The largest absolute Gasteiger partial charge is 0.365 e. The summed E-state index contributed by atoms with van der Waals surface area (Å²) in [5, 5.41) is 0. The molecule has 0 amide bonds. The van der Waals surface area contributed by atoms with E-state index < -0.39 is 0 Å². The third-order valence-corrected chi connectivity index (χ3v) is 9.32. The normalized spacial score (nSPS) is 35.2. The van der Waals surface area contributed by atoms with Crippen LogP contribution in [0.3, 0.4) is 0 Å². The molecular formula is C30H49N. The summed E-state index contributed by atoms with van der Waals surface area (Å²) in [5.74, 6) is 5.31. The maximum absolute atomic E-state index is 2.90. The van der Waals surface area contributed by atoms with Crippen molar-refractivity contribution in [3.8, 4) is 0 Å². The number of hydrogen-bond donors (Lipinski definition) is 0. The molecule has 0 radical (unpaired) electrons. The molecule has 4 saturated carbocycles. The van der Waals surface area contributed by atoms with Crippen molar-refractivity contribution in [3.05, 3.63) is 29.3 Å². The highest BCUT2D eigenvalue weighted by Crippen LogP contribution is 2.67. The highest BCUT2D eigenvalue weighted by molar-refractivity contribution is 5.64. The molecule has 0 aromatic heterocycles. The third kappa shape index (κ3) is 3.87. The second kappa shape index (κ2) is 8.42. The van der Waals surface area contributed by atoms with Crippen LogP contribution in [-0.2, 0) is 0 Å². The van der Waals surface area contributed by atoms with Gasteiger partial charge in [-0.1, -0.05) is 66.2 Å². The molecule has 1 saturated heterocycles. The number of benzene rings is 1. The van der Waals surface area contributed by atoms with E-state index in [9.17, 15) is 0 Å². The SMILES string of the molecule is CC(C)c1cccc(C(C)C)c1N1CC2(CC1(C)C)C1CC3CC(C1)CC2C3.CCC. The Morgan fingerprint density at radius 1 is 0.839 bits per heavy atom. The molecule has 31 heavy (non-hydrogen) atoms. The molecule has 1 heteroatoms. The molecule has 174 valence electrons. The summed E-state index contributed by atoms with van der Waals surface area (Å²) in [6.07, 6.45) is 10.4. The molecule has 1 nitrogen and oxygen atoms in total. The lowest BCUT2D eigenvalue weighted by atomic mass is 9.44. The zero-order valence-corrected chi connectivity index (χ0v) is 21.8. The summed E-state index contributed by atoms with van der Waals surface area (Å²) in [6, 6.07) is 7.11. The third-order valence-electron chi connectivity index (χ3n) is 9.32. The van der Waals surface area contributed by atoms with E-state index in [-0.39, 0.29) is 5.54 Å². The molecule has 4 aliphatic carbocycles. The maximum Gasteiger partial charge on any atom is 0.0441 e. The number of hydrogen-bond acceptors (Lipinski definition) is 1. The number of anilines is 1. The van der Waals surface area contributed by atoms with Gasteiger partial charge in [0.05, 0.1) is 0 Å². The first-order valence-electron chi connectivity index (χ1n) is 13.5. The van der Waals surface area contributed by atoms with E-state index >= 15 is 0 Å². The summed E-state index contributed by atoms with van der Waals surface area (Å²) >= 11 is 0. The highest BCUT2D eigenvalue weighted by atomic mass is 15.2. The summed E-state index contributed by atoms with van der Waals surface area (Å²) in [7, 11) is 0. The van der Waals surface area contributed by atoms with Gasteiger partial charge in [-0.15, -0.1) is 0 Å². The van der Waals surface area contributed by atoms with Gasteiger partial charge in [0.1, 0.15) is 0 Å². The first-order valence-corrected chi connectivity index (χ1v) is 13.5. The number of para-hydroxylation sites is 1. The summed E-state index contributed by atoms with van der Waals surface area (Å²) in [4.78, 5) is 2.90. The van der Waals surface area contributed by atoms with Crippen LogP contribution in [0.5, 0.6) is 0 Å². The van der Waals surface area contributed by atoms with Gasteiger partial charge in [-0.3, -0.25) is 0 Å². The minimum atomic E-state index is 0.268. The van der Waals surface area contributed by atoms with E-state index in [4.69, 9.17) is 0 Å². The van der Waals surface area contributed by atoms with E-state index in [1.807, 2.05) is 0 Å². The van der Waals surface area contributed by atoms with Gasteiger partial charge in [-0.2, -0.15) is 0 Å². The number of rotatable bonds is 3. The van der Waals surface area contributed by atoms with Crippen LogP contribution in [0.4, 0.5) is 5.69 Å². The van der Waals surface area contributed by atoms with Crippen LogP contribution in [0.25, 0.3) is 0 Å². The molecule has 6 rings (SSSR count). The van der Waals surface area contributed by atoms with Gasteiger partial charge in [0.2, 0.25) is 0 Å². The Bertz CT molecular complexity index is 716. The predicted molar refractivity (Wildman–Crippen MR) is 136 cm³/mol. The lowest BCUT2D eigenvalue weighted by molar-refractivity contribution is -0.0993. The standard InChI is InChI=1S/C27H41N.C3H8/c1-17(2)23-8-7-9-24(18(3)4)25(23)28-16-27(15-26(28,5)6)21-11-19-10-20(13-21)14-22(27)12-19;1-3-2/h7-9,17-22H,10-16H2,1-6H3;3H2,1-2H3. The monoisotopic (exact) mass is 423 g/mol. The van der Waals surface area contributed by atoms with Gasteiger partial charge >= 0.3 is 0 Å². The van der Waals surface area contributed by atoms with Gasteiger partial charge in [-0.05, 0) is 104 Å². The van der Waals surface area contributed by atoms with Crippen LogP contribution in [0, 0.1) is 29.1 Å². The highest BCUT2D eigenvalue weighted by Gasteiger charge is 2.62. The minimum absolute atomic E-state index is 0.268. The van der Waals surface area contributed by atoms with E-state index in [2.05, 4.69) is 78.5 Å². The Morgan fingerprint density at radius 2 is 1.29 bits per heavy atom. The molecule has 5 aliphatic rings. The first kappa shape index (κ1) is 23.2. The van der Waals surface area contributed by atoms with Crippen LogP contribution in [0.15, 0.2) is 18.2 Å². The van der Waals surface area contributed by atoms with Gasteiger partial charge in [0, 0.05) is 17.8 Å². The summed E-state index contributed by atoms with van der Waals surface area (Å²) in [5.41, 5.74) is 5.60. The molecule has 4 bridgehead atoms. The fourth-order valence-corrected chi connectivity index (χ4v) is 8.34. The Morgan fingerprint density at radius 3 is 1.71 bits per heavy atom. The molecular weight excluding hydrogens is 374 g/mol. The van der Waals surface area contributed by atoms with Crippen LogP contribution in [-0.4, -0.2) is 12.1 Å². The van der Waals surface area contributed by atoms with Gasteiger partial charge in [0.25, 0.3) is 0 Å². The van der Waals surface area contributed by atoms with Crippen LogP contribution in [0.2, 0.25) is 0 Å². The zero-order valence-electron chi connectivity index (χ0n) is 21.8. The second-order valence-corrected chi connectivity index (χ2v) is 12.9. The molecule has 5 fully saturated rings. The van der Waals surface area contributed by atoms with Gasteiger partial charge in [-0.25, -0.2) is 0 Å². The molecule has 0 N–H and O–H groups in total. The average molecular weight is 424 g/mol. The van der Waals surface area contributed by atoms with Crippen molar-refractivity contribution in [1.29, 1.82) is 0 Å². The molecule has 1 aromatic carbocycles. The predicted octanol–water partition coefficient (Wildman–Crippen LogP) is 8.78. The van der Waals surface area contributed by atoms with Gasteiger partial charge < -0.3 is 4.90 Å². The lowest BCUT2D eigenvalue weighted by Gasteiger charge is -2.60. The van der Waals surface area contributed by atoms with E-state index in [1.54, 1.807) is 48.9 Å². The molecule has 1 aromatic rings. The Kier molecular flexibility index (Phi) is 6.30. The topological polar surface area (TPSA) is 3.24 Å². The van der Waals surface area contributed by atoms with Crippen LogP contribution in [0.1, 0.15) is 123 Å². The molecule has 0 unspecified atom stereocenters. The first-order chi connectivity index (χ1) is 14.6. The van der Waals surface area contributed by atoms with Crippen LogP contribution < -0.4 is 4.90 Å². The second-order valence-electron chi connectivity index (χ2n) is 12.9.